The van der Waals surface area contributed by atoms with Gasteiger partial charge in [-0.05, 0) is 69.8 Å². The average molecular weight is 596 g/mol. The fourth-order valence-corrected chi connectivity index (χ4v) is 5.37. The van der Waals surface area contributed by atoms with E-state index in [1.807, 2.05) is 30.3 Å². The van der Waals surface area contributed by atoms with Gasteiger partial charge in [-0.3, -0.25) is 19.2 Å². The number of aromatic nitrogens is 1. The Morgan fingerprint density at radius 3 is 2.16 bits per heavy atom. The van der Waals surface area contributed by atoms with Gasteiger partial charge in [0.2, 0.25) is 5.91 Å². The summed E-state index contributed by atoms with van der Waals surface area (Å²) >= 11 is 0. The van der Waals surface area contributed by atoms with Crippen molar-refractivity contribution in [1.29, 1.82) is 0 Å². The van der Waals surface area contributed by atoms with Crippen LogP contribution in [0.15, 0.2) is 71.7 Å². The van der Waals surface area contributed by atoms with Crippen LogP contribution < -0.4 is 33.2 Å². The number of nitrogens with zero attached hydrogens (tertiary/aromatic N) is 1. The molecule has 0 radical (unpaired) electrons. The van der Waals surface area contributed by atoms with Gasteiger partial charge < -0.3 is 38.1 Å². The fourth-order valence-electron chi connectivity index (χ4n) is 5.37. The van der Waals surface area contributed by atoms with Crippen molar-refractivity contribution >= 4 is 61.9 Å². The summed E-state index contributed by atoms with van der Waals surface area (Å²) in [6, 6.07) is 20.0. The van der Waals surface area contributed by atoms with E-state index >= 15 is 0 Å². The number of rotatable bonds is 12. The Morgan fingerprint density at radius 2 is 1.43 bits per heavy atom. The van der Waals surface area contributed by atoms with Crippen LogP contribution in [0.2, 0.25) is 0 Å². The van der Waals surface area contributed by atoms with Crippen molar-refractivity contribution in [3.05, 3.63) is 83.7 Å². The molecule has 0 unspecified atom stereocenters. The van der Waals surface area contributed by atoms with Gasteiger partial charge in [-0.15, -0.1) is 0 Å². The first-order valence-corrected chi connectivity index (χ1v) is 14.4. The second kappa shape index (κ2) is 13.2. The van der Waals surface area contributed by atoms with Gasteiger partial charge in [-0.25, -0.2) is 0 Å². The predicted molar refractivity (Wildman–Crippen MR) is 169 cm³/mol. The highest BCUT2D eigenvalue weighted by Gasteiger charge is 2.23. The zero-order valence-electron chi connectivity index (χ0n) is 24.1. The molecular weight excluding hydrogens is 560 g/mol. The lowest BCUT2D eigenvalue weighted by Gasteiger charge is -2.18. The molecule has 0 saturated heterocycles. The molecule has 4 amide bonds. The van der Waals surface area contributed by atoms with Crippen LogP contribution in [-0.4, -0.2) is 60.2 Å². The number of aromatic amines is 1. The smallest absolute Gasteiger partial charge is 0.296 e. The Kier molecular flexibility index (Phi) is 9.01. The molecule has 0 saturated carbocycles. The van der Waals surface area contributed by atoms with Gasteiger partial charge in [0, 0.05) is 18.7 Å². The number of amides is 4. The van der Waals surface area contributed by atoms with Crippen LogP contribution >= 0.6 is 0 Å². The maximum Gasteiger partial charge on any atom is 0.296 e. The van der Waals surface area contributed by atoms with Crippen molar-refractivity contribution in [1.82, 2.24) is 20.9 Å². The lowest BCUT2D eigenvalue weighted by atomic mass is 9.92. The molecule has 5 aromatic rings. The van der Waals surface area contributed by atoms with Crippen LogP contribution in [0.1, 0.15) is 50.6 Å². The number of nitrogens with one attached hydrogen (secondary N) is 4. The van der Waals surface area contributed by atoms with Gasteiger partial charge in [-0.2, -0.15) is 4.99 Å². The zero-order chi connectivity index (χ0) is 31.2. The lowest BCUT2D eigenvalue weighted by Crippen LogP contribution is -2.50. The second-order valence-corrected chi connectivity index (χ2v) is 10.5. The number of quaternary nitrogens is 1. The van der Waals surface area contributed by atoms with Crippen LogP contribution in [-0.2, 0) is 4.79 Å². The topological polar surface area (TPSA) is 212 Å². The van der Waals surface area contributed by atoms with E-state index < -0.39 is 23.8 Å². The monoisotopic (exact) mass is 595 g/mol. The fraction of sp³-hybridized carbons (Fsp3) is 0.219. The Balaban J connectivity index is 1.20. The van der Waals surface area contributed by atoms with Crippen molar-refractivity contribution < 1.29 is 24.9 Å². The number of guanidine groups is 1. The van der Waals surface area contributed by atoms with Crippen LogP contribution in [0, 0.1) is 0 Å². The van der Waals surface area contributed by atoms with Gasteiger partial charge in [0.25, 0.3) is 17.7 Å². The van der Waals surface area contributed by atoms with E-state index in [1.54, 1.807) is 0 Å². The molecule has 1 aromatic heterocycles. The molecule has 0 fully saturated rings. The highest BCUT2D eigenvalue weighted by Crippen LogP contribution is 2.35. The Morgan fingerprint density at radius 1 is 0.773 bits per heavy atom. The molecule has 11 N–H and O–H groups in total. The first-order valence-electron chi connectivity index (χ1n) is 14.4. The van der Waals surface area contributed by atoms with E-state index in [1.165, 1.54) is 12.1 Å². The van der Waals surface area contributed by atoms with E-state index in [9.17, 15) is 19.2 Å². The quantitative estimate of drug-likeness (QED) is 0.0489. The number of hydrogen-bond acceptors (Lipinski definition) is 4. The molecule has 226 valence electrons. The summed E-state index contributed by atoms with van der Waals surface area (Å²) in [7, 11) is 0. The van der Waals surface area contributed by atoms with E-state index in [4.69, 9.17) is 11.5 Å². The van der Waals surface area contributed by atoms with Crippen LogP contribution in [0.5, 0.6) is 0 Å². The molecule has 12 nitrogen and oxygen atoms in total. The van der Waals surface area contributed by atoms with Gasteiger partial charge in [0.1, 0.15) is 17.4 Å². The van der Waals surface area contributed by atoms with Gasteiger partial charge >= 0.3 is 0 Å². The summed E-state index contributed by atoms with van der Waals surface area (Å²) in [6.07, 6.45) is 1.85. The number of carbonyl (C=O) groups is 4. The summed E-state index contributed by atoms with van der Waals surface area (Å²) in [5.74, 6) is -2.31. The summed E-state index contributed by atoms with van der Waals surface area (Å²) in [4.78, 5) is 57.3. The van der Waals surface area contributed by atoms with E-state index in [2.05, 4.69) is 55.9 Å². The Labute approximate surface area is 252 Å². The summed E-state index contributed by atoms with van der Waals surface area (Å²) in [5.41, 5.74) is 15.0. The second-order valence-electron chi connectivity index (χ2n) is 10.5. The third-order valence-electron chi connectivity index (χ3n) is 7.49. The molecule has 1 heterocycles. The molecule has 4 aromatic carbocycles. The minimum Gasteiger partial charge on any atom is -0.370 e. The van der Waals surface area contributed by atoms with Crippen molar-refractivity contribution in [2.24, 2.45) is 16.5 Å². The van der Waals surface area contributed by atoms with Crippen LogP contribution in [0.4, 0.5) is 0 Å². The molecular formula is C32H35N8O4+. The number of benzene rings is 4. The maximum atomic E-state index is 13.2. The average Bonchev–Trinajstić information content (AvgIpc) is 3.52. The van der Waals surface area contributed by atoms with E-state index in [-0.39, 0.29) is 36.3 Å². The van der Waals surface area contributed by atoms with Gasteiger partial charge in [0.15, 0.2) is 5.96 Å². The molecule has 0 aliphatic rings. The molecule has 5 rings (SSSR count). The Bertz CT molecular complexity index is 1860. The number of aliphatic imine (C=N–C) groups is 1. The third-order valence-corrected chi connectivity index (χ3v) is 7.49. The number of unbranched alkanes of at least 4 members (excludes halogenated alkanes) is 1. The van der Waals surface area contributed by atoms with Crippen molar-refractivity contribution in [3.8, 4) is 0 Å². The summed E-state index contributed by atoms with van der Waals surface area (Å²) in [6.45, 7) is 1.06. The zero-order valence-corrected chi connectivity index (χ0v) is 24.1. The predicted octanol–water partition coefficient (Wildman–Crippen LogP) is 1.38. The molecule has 44 heavy (non-hydrogen) atoms. The summed E-state index contributed by atoms with van der Waals surface area (Å²) < 4.78 is 0. The molecule has 12 heteroatoms. The highest BCUT2D eigenvalue weighted by atomic mass is 16.2. The van der Waals surface area contributed by atoms with E-state index in [0.29, 0.717) is 24.9 Å². The minimum atomic E-state index is -0.831. The highest BCUT2D eigenvalue weighted by molar-refractivity contribution is 6.26. The SMILES string of the molecule is NC(N)=NC(=O)c1ccc(C(=O)N[C@@H](CCCC[NH3+])C(=O)NCCNC(=O)c2ccc3ccc4cccc5ccc2c3c45)[nH]1. The lowest BCUT2D eigenvalue weighted by molar-refractivity contribution is -0.368. The van der Waals surface area contributed by atoms with E-state index in [0.717, 1.165) is 38.7 Å². The standard InChI is InChI=1S/C32H34N8O4/c33-15-2-1-6-23(39-30(43)24-13-14-25(38-24)31(44)40-32(34)35)29(42)37-17-16-36-28(41)22-12-10-20-8-7-18-4-3-5-19-9-11-21(22)27(20)26(18)19/h3-5,7-14,23,38H,1-2,6,15-17,33H2,(H,36,41)(H,37,42)(H,39,43)(H4,34,35,40,44)/p+1/t23-/m0/s1. The summed E-state index contributed by atoms with van der Waals surface area (Å²) in [5, 5.41) is 14.8. The molecule has 0 spiro atoms. The molecule has 1 atom stereocenters. The van der Waals surface area contributed by atoms with Gasteiger partial charge in [0.05, 0.1) is 6.54 Å². The molecule has 0 bridgehead atoms. The maximum absolute atomic E-state index is 13.2. The largest absolute Gasteiger partial charge is 0.370 e. The number of hydrogen-bond donors (Lipinski definition) is 7. The van der Waals surface area contributed by atoms with Gasteiger partial charge in [-0.1, -0.05) is 48.5 Å². The normalized spacial score (nSPS) is 11.8. The Hall–Kier alpha value is -5.49. The van der Waals surface area contributed by atoms with Crippen molar-refractivity contribution in [2.45, 2.75) is 25.3 Å². The number of nitrogens with two attached hydrogens (primary N) is 2. The third kappa shape index (κ3) is 6.45. The van der Waals surface area contributed by atoms with Crippen LogP contribution in [0.3, 0.4) is 0 Å². The molecule has 0 aliphatic carbocycles. The molecule has 0 aliphatic heterocycles. The van der Waals surface area contributed by atoms with Crippen molar-refractivity contribution in [3.63, 3.8) is 0 Å². The minimum absolute atomic E-state index is 0.0297. The van der Waals surface area contributed by atoms with Crippen LogP contribution in [0.25, 0.3) is 32.3 Å². The number of carbonyl (C=O) groups excluding carboxylic acids is 4. The first-order chi connectivity index (χ1) is 21.3. The van der Waals surface area contributed by atoms with Crippen molar-refractivity contribution in [2.75, 3.05) is 19.6 Å². The first kappa shape index (κ1) is 30.0. The number of H-pyrrole nitrogens is 1.